The van der Waals surface area contributed by atoms with Crippen LogP contribution >= 0.6 is 39.1 Å². The van der Waals surface area contributed by atoms with Crippen molar-refractivity contribution in [3.63, 3.8) is 0 Å². The van der Waals surface area contributed by atoms with E-state index in [9.17, 15) is 5.11 Å². The van der Waals surface area contributed by atoms with Gasteiger partial charge in [-0.1, -0.05) is 11.6 Å². The van der Waals surface area contributed by atoms with Crippen LogP contribution in [0.15, 0.2) is 16.6 Å². The number of benzene rings is 1. The number of anilines is 1. The molecule has 0 bridgehead atoms. The molecule has 0 aliphatic rings. The topological polar surface area (TPSA) is 32.3 Å². The molecule has 2 nitrogen and oxygen atoms in total. The first-order valence-electron chi connectivity index (χ1n) is 4.48. The number of alkyl halides is 1. The third kappa shape index (κ3) is 3.52. The summed E-state index contributed by atoms with van der Waals surface area (Å²) in [6.07, 6.45) is -0.548. The van der Waals surface area contributed by atoms with Crippen molar-refractivity contribution in [3.05, 3.63) is 27.2 Å². The molecular weight excluding hydrogens is 301 g/mol. The quantitative estimate of drug-likeness (QED) is 0.835. The molecule has 1 aromatic carbocycles. The molecule has 15 heavy (non-hydrogen) atoms. The molecule has 0 aromatic heterocycles. The molecule has 0 aliphatic carbocycles. The van der Waals surface area contributed by atoms with Crippen LogP contribution < -0.4 is 5.32 Å². The number of hydrogen-bond donors (Lipinski definition) is 2. The lowest BCUT2D eigenvalue weighted by atomic mass is 10.2. The van der Waals surface area contributed by atoms with E-state index in [2.05, 4.69) is 21.2 Å². The Bertz CT molecular complexity index is 346. The van der Waals surface area contributed by atoms with Crippen molar-refractivity contribution in [1.29, 1.82) is 0 Å². The highest BCUT2D eigenvalue weighted by Gasteiger charge is 2.07. The summed E-state index contributed by atoms with van der Waals surface area (Å²) in [7, 11) is 0. The third-order valence-electron chi connectivity index (χ3n) is 2.05. The molecule has 0 heterocycles. The largest absolute Gasteiger partial charge is 0.390 e. The number of nitrogens with one attached hydrogen (secondary N) is 1. The summed E-state index contributed by atoms with van der Waals surface area (Å²) in [4.78, 5) is 0. The Morgan fingerprint density at radius 3 is 2.80 bits per heavy atom. The number of rotatable bonds is 4. The van der Waals surface area contributed by atoms with Crippen molar-refractivity contribution in [2.45, 2.75) is 13.0 Å². The molecule has 0 fully saturated rings. The third-order valence-corrected chi connectivity index (χ3v) is 3.78. The first-order valence-corrected chi connectivity index (χ1v) is 6.19. The average molecular weight is 313 g/mol. The van der Waals surface area contributed by atoms with Crippen LogP contribution in [0.25, 0.3) is 0 Å². The summed E-state index contributed by atoms with van der Waals surface area (Å²) in [6, 6.07) is 3.77. The molecule has 0 spiro atoms. The van der Waals surface area contributed by atoms with Crippen LogP contribution in [0.2, 0.25) is 5.02 Å². The van der Waals surface area contributed by atoms with Gasteiger partial charge in [-0.05, 0) is 40.5 Å². The van der Waals surface area contributed by atoms with Gasteiger partial charge in [-0.25, -0.2) is 0 Å². The van der Waals surface area contributed by atoms with Crippen molar-refractivity contribution in [2.24, 2.45) is 0 Å². The van der Waals surface area contributed by atoms with Crippen LogP contribution in [0.5, 0.6) is 0 Å². The van der Waals surface area contributed by atoms with Gasteiger partial charge in [-0.3, -0.25) is 0 Å². The van der Waals surface area contributed by atoms with Crippen LogP contribution in [0.4, 0.5) is 5.69 Å². The average Bonchev–Trinajstić information content (AvgIpc) is 2.24. The molecule has 2 N–H and O–H groups in total. The number of halogens is 3. The van der Waals surface area contributed by atoms with Crippen molar-refractivity contribution < 1.29 is 5.11 Å². The Balaban J connectivity index is 2.74. The van der Waals surface area contributed by atoms with E-state index in [0.717, 1.165) is 15.7 Å². The van der Waals surface area contributed by atoms with Crippen molar-refractivity contribution in [2.75, 3.05) is 17.7 Å². The Morgan fingerprint density at radius 1 is 1.53 bits per heavy atom. The lowest BCUT2D eigenvalue weighted by Crippen LogP contribution is -2.21. The van der Waals surface area contributed by atoms with Crippen molar-refractivity contribution >= 4 is 44.8 Å². The number of aliphatic hydroxyl groups is 1. The molecule has 5 heteroatoms. The summed E-state index contributed by atoms with van der Waals surface area (Å²) in [5, 5.41) is 13.1. The van der Waals surface area contributed by atoms with E-state index in [1.54, 1.807) is 0 Å². The SMILES string of the molecule is Cc1c(NCC(O)CCl)ccc(Br)c1Cl. The zero-order valence-electron chi connectivity index (χ0n) is 8.23. The molecule has 0 amide bonds. The van der Waals surface area contributed by atoms with Gasteiger partial charge in [0.15, 0.2) is 0 Å². The van der Waals surface area contributed by atoms with Crippen LogP contribution in [0.1, 0.15) is 5.56 Å². The summed E-state index contributed by atoms with van der Waals surface area (Å²) >= 11 is 14.9. The first kappa shape index (κ1) is 13.1. The second-order valence-corrected chi connectivity index (χ2v) is 4.76. The maximum absolute atomic E-state index is 9.30. The molecule has 0 aliphatic heterocycles. The second-order valence-electron chi connectivity index (χ2n) is 3.22. The van der Waals surface area contributed by atoms with E-state index >= 15 is 0 Å². The molecule has 1 rings (SSSR count). The van der Waals surface area contributed by atoms with E-state index in [0.29, 0.717) is 11.6 Å². The fraction of sp³-hybridized carbons (Fsp3) is 0.400. The van der Waals surface area contributed by atoms with Gasteiger partial charge in [0.1, 0.15) is 0 Å². The van der Waals surface area contributed by atoms with Gasteiger partial charge in [0, 0.05) is 16.7 Å². The predicted octanol–water partition coefficient (Wildman–Crippen LogP) is 3.42. The van der Waals surface area contributed by atoms with E-state index in [1.165, 1.54) is 0 Å². The molecule has 0 saturated carbocycles. The lowest BCUT2D eigenvalue weighted by Gasteiger charge is -2.13. The minimum absolute atomic E-state index is 0.219. The fourth-order valence-electron chi connectivity index (χ4n) is 1.13. The van der Waals surface area contributed by atoms with Gasteiger partial charge in [-0.15, -0.1) is 11.6 Å². The van der Waals surface area contributed by atoms with E-state index < -0.39 is 6.10 Å². The van der Waals surface area contributed by atoms with E-state index in [4.69, 9.17) is 23.2 Å². The van der Waals surface area contributed by atoms with E-state index in [-0.39, 0.29) is 5.88 Å². The van der Waals surface area contributed by atoms with Gasteiger partial charge < -0.3 is 10.4 Å². The zero-order chi connectivity index (χ0) is 11.4. The Morgan fingerprint density at radius 2 is 2.20 bits per heavy atom. The summed E-state index contributed by atoms with van der Waals surface area (Å²) in [5.74, 6) is 0.219. The molecule has 0 radical (unpaired) electrons. The normalized spacial score (nSPS) is 12.6. The summed E-state index contributed by atoms with van der Waals surface area (Å²) < 4.78 is 0.866. The van der Waals surface area contributed by atoms with Crippen LogP contribution in [0.3, 0.4) is 0 Å². The maximum Gasteiger partial charge on any atom is 0.0847 e. The summed E-state index contributed by atoms with van der Waals surface area (Å²) in [5.41, 5.74) is 1.86. The molecule has 84 valence electrons. The highest BCUT2D eigenvalue weighted by molar-refractivity contribution is 9.10. The highest BCUT2D eigenvalue weighted by Crippen LogP contribution is 2.30. The molecule has 1 atom stereocenters. The maximum atomic E-state index is 9.30. The Hall–Kier alpha value is 0.0400. The first-order chi connectivity index (χ1) is 7.06. The molecule has 1 aromatic rings. The monoisotopic (exact) mass is 311 g/mol. The number of hydrogen-bond acceptors (Lipinski definition) is 2. The van der Waals surface area contributed by atoms with Gasteiger partial charge in [0.05, 0.1) is 17.0 Å². The zero-order valence-corrected chi connectivity index (χ0v) is 11.3. The minimum Gasteiger partial charge on any atom is -0.390 e. The Labute approximate surface area is 108 Å². The minimum atomic E-state index is -0.548. The van der Waals surface area contributed by atoms with E-state index in [1.807, 2.05) is 19.1 Å². The van der Waals surface area contributed by atoms with Gasteiger partial charge in [0.2, 0.25) is 0 Å². The van der Waals surface area contributed by atoms with Crippen molar-refractivity contribution in [1.82, 2.24) is 0 Å². The second kappa shape index (κ2) is 5.94. The van der Waals surface area contributed by atoms with Gasteiger partial charge in [0.25, 0.3) is 0 Å². The summed E-state index contributed by atoms with van der Waals surface area (Å²) in [6.45, 7) is 2.34. The van der Waals surface area contributed by atoms with Crippen molar-refractivity contribution in [3.8, 4) is 0 Å². The smallest absolute Gasteiger partial charge is 0.0847 e. The fourth-order valence-corrected chi connectivity index (χ4v) is 1.83. The Kier molecular flexibility index (Phi) is 5.19. The predicted molar refractivity (Wildman–Crippen MR) is 69.1 cm³/mol. The molecule has 1 unspecified atom stereocenters. The number of aliphatic hydroxyl groups excluding tert-OH is 1. The van der Waals surface area contributed by atoms with Crippen LogP contribution in [-0.2, 0) is 0 Å². The standard InChI is InChI=1S/C10H12BrCl2NO/c1-6-9(14-5-7(15)4-12)3-2-8(11)10(6)13/h2-3,7,14-15H,4-5H2,1H3. The molecule has 0 saturated heterocycles. The van der Waals surface area contributed by atoms with Crippen LogP contribution in [-0.4, -0.2) is 23.6 Å². The van der Waals surface area contributed by atoms with Gasteiger partial charge in [-0.2, -0.15) is 0 Å². The highest BCUT2D eigenvalue weighted by atomic mass is 79.9. The lowest BCUT2D eigenvalue weighted by molar-refractivity contribution is 0.211. The molecular formula is C10H12BrCl2NO. The van der Waals surface area contributed by atoms with Gasteiger partial charge >= 0.3 is 0 Å². The van der Waals surface area contributed by atoms with Crippen LogP contribution in [0, 0.1) is 6.92 Å².